The topological polar surface area (TPSA) is 101 Å². The third-order valence-corrected chi connectivity index (χ3v) is 9.77. The van der Waals surface area contributed by atoms with E-state index in [2.05, 4.69) is 37.8 Å². The van der Waals surface area contributed by atoms with Crippen molar-refractivity contribution in [2.24, 2.45) is 0 Å². The lowest BCUT2D eigenvalue weighted by Gasteiger charge is -2.31. The van der Waals surface area contributed by atoms with Gasteiger partial charge in [0.15, 0.2) is 5.65 Å². The second-order valence-electron chi connectivity index (χ2n) is 9.62. The van der Waals surface area contributed by atoms with Crippen molar-refractivity contribution in [3.63, 3.8) is 0 Å². The first-order valence-electron chi connectivity index (χ1n) is 13.1. The Bertz CT molecular complexity index is 1350. The molecule has 1 fully saturated rings. The van der Waals surface area contributed by atoms with Crippen LogP contribution in [0.3, 0.4) is 0 Å². The van der Waals surface area contributed by atoms with E-state index in [1.807, 2.05) is 31.6 Å². The molecule has 0 spiro atoms. The third kappa shape index (κ3) is 6.10. The fraction of sp³-hybridized carbons (Fsp3) is 0.538. The highest BCUT2D eigenvalue weighted by molar-refractivity contribution is 7.89. The summed E-state index contributed by atoms with van der Waals surface area (Å²) in [6, 6.07) is 2.09. The van der Waals surface area contributed by atoms with E-state index in [4.69, 9.17) is 4.74 Å². The highest BCUT2D eigenvalue weighted by atomic mass is 32.2. The molecule has 0 radical (unpaired) electrons. The van der Waals surface area contributed by atoms with E-state index >= 15 is 0 Å². The normalized spacial score (nSPS) is 17.8. The molecule has 0 atom stereocenters. The van der Waals surface area contributed by atoms with Crippen molar-refractivity contribution < 1.29 is 13.2 Å². The maximum Gasteiger partial charge on any atom is 0.276 e. The van der Waals surface area contributed by atoms with Gasteiger partial charge in [-0.3, -0.25) is 0 Å². The Labute approximate surface area is 222 Å². The summed E-state index contributed by atoms with van der Waals surface area (Å²) in [5, 5.41) is 0.646. The molecule has 37 heavy (non-hydrogen) atoms. The van der Waals surface area contributed by atoms with Gasteiger partial charge in [0, 0.05) is 57.6 Å². The Hall–Kier alpha value is -2.63. The number of aryl methyl sites for hydroxylation is 1. The molecule has 0 N–H and O–H groups in total. The van der Waals surface area contributed by atoms with Gasteiger partial charge in [0.2, 0.25) is 16.0 Å². The molecule has 5 heterocycles. The zero-order valence-electron chi connectivity index (χ0n) is 21.5. The van der Waals surface area contributed by atoms with Crippen LogP contribution < -0.4 is 9.64 Å². The second-order valence-corrected chi connectivity index (χ2v) is 12.7. The van der Waals surface area contributed by atoms with Crippen LogP contribution in [-0.4, -0.2) is 70.7 Å². The van der Waals surface area contributed by atoms with Gasteiger partial charge in [0.25, 0.3) is 5.19 Å². The minimum Gasteiger partial charge on any atom is -0.467 e. The Morgan fingerprint density at radius 1 is 1.05 bits per heavy atom. The van der Waals surface area contributed by atoms with E-state index in [1.54, 1.807) is 4.31 Å². The molecule has 0 amide bonds. The van der Waals surface area contributed by atoms with E-state index in [9.17, 15) is 8.42 Å². The highest BCUT2D eigenvalue weighted by Crippen LogP contribution is 2.32. The highest BCUT2D eigenvalue weighted by Gasteiger charge is 2.25. The van der Waals surface area contributed by atoms with E-state index < -0.39 is 10.0 Å². The molecule has 0 aliphatic carbocycles. The minimum absolute atomic E-state index is 0.104. The number of aromatic nitrogens is 4. The monoisotopic (exact) mass is 542 g/mol. The maximum absolute atomic E-state index is 12.3. The molecule has 2 aliphatic rings. The predicted octanol–water partition coefficient (Wildman–Crippen LogP) is 4.31. The number of hydrogen-bond acceptors (Lipinski definition) is 9. The van der Waals surface area contributed by atoms with Crippen molar-refractivity contribution in [1.82, 2.24) is 24.2 Å². The number of nitrogens with zero attached hydrogens (tertiary/aromatic N) is 6. The third-order valence-electron chi connectivity index (χ3n) is 6.85. The summed E-state index contributed by atoms with van der Waals surface area (Å²) in [6.07, 6.45) is 13.0. The fourth-order valence-corrected chi connectivity index (χ4v) is 7.15. The molecule has 9 nitrogen and oxygen atoms in total. The van der Waals surface area contributed by atoms with E-state index in [0.717, 1.165) is 60.6 Å². The number of thiazole rings is 1. The number of pyridine rings is 1. The number of sulfonamides is 1. The summed E-state index contributed by atoms with van der Waals surface area (Å²) in [5.41, 5.74) is 4.02. The van der Waals surface area contributed by atoms with Crippen LogP contribution in [0, 0.1) is 0 Å². The van der Waals surface area contributed by atoms with Crippen molar-refractivity contribution in [3.8, 4) is 5.19 Å². The van der Waals surface area contributed by atoms with E-state index in [0.29, 0.717) is 36.8 Å². The summed E-state index contributed by atoms with van der Waals surface area (Å²) in [6.45, 7) is 6.68. The summed E-state index contributed by atoms with van der Waals surface area (Å²) in [4.78, 5) is 20.5. The Morgan fingerprint density at radius 3 is 2.51 bits per heavy atom. The molecule has 11 heteroatoms. The quantitative estimate of drug-likeness (QED) is 0.394. The zero-order chi connectivity index (χ0) is 25.8. The number of ether oxygens (including phenoxy) is 1. The van der Waals surface area contributed by atoms with Crippen LogP contribution in [0.15, 0.2) is 30.7 Å². The number of fused-ring (bicyclic) bond motifs is 1. The number of anilines is 1. The van der Waals surface area contributed by atoms with Gasteiger partial charge in [0.05, 0.1) is 10.5 Å². The lowest BCUT2D eigenvalue weighted by atomic mass is 10.0. The molecule has 0 unspecified atom stereocenters. The van der Waals surface area contributed by atoms with Gasteiger partial charge in [0.1, 0.15) is 6.10 Å². The lowest BCUT2D eigenvalue weighted by Crippen LogP contribution is -2.39. The van der Waals surface area contributed by atoms with Crippen LogP contribution in [0.4, 0.5) is 5.95 Å². The van der Waals surface area contributed by atoms with Gasteiger partial charge in [-0.05, 0) is 42.0 Å². The van der Waals surface area contributed by atoms with Crippen LogP contribution in [0.2, 0.25) is 0 Å². The Balaban J connectivity index is 1.19. The molecule has 5 rings (SSSR count). The molecule has 0 aromatic carbocycles. The molecular formula is C26H34N6O3S2. The van der Waals surface area contributed by atoms with E-state index in [-0.39, 0.29) is 11.9 Å². The van der Waals surface area contributed by atoms with Gasteiger partial charge >= 0.3 is 0 Å². The molecule has 198 valence electrons. The van der Waals surface area contributed by atoms with Crippen molar-refractivity contribution in [1.29, 1.82) is 0 Å². The average Bonchev–Trinajstić information content (AvgIpc) is 3.31. The summed E-state index contributed by atoms with van der Waals surface area (Å²) >= 11 is 1.52. The van der Waals surface area contributed by atoms with Crippen molar-refractivity contribution in [2.45, 2.75) is 58.5 Å². The number of hydrogen-bond donors (Lipinski definition) is 0. The summed E-state index contributed by atoms with van der Waals surface area (Å²) in [5.74, 6) is 0.991. The van der Waals surface area contributed by atoms with Gasteiger partial charge in [-0.25, -0.2) is 23.4 Å². The fourth-order valence-electron chi connectivity index (χ4n) is 4.82. The van der Waals surface area contributed by atoms with Crippen LogP contribution in [0.25, 0.3) is 15.9 Å². The standard InChI is InChI=1S/C26H34N6O3S2/c1-3-5-19-16-28-25(29-17-19)31-10-8-22(9-11-31)35-26-30-24-23(36-26)15-21(18-27-24)20-6-12-32(13-7-20)37(33,34)14-4-2/h6,15-18,22H,3-5,7-14H2,1-2H3. The number of rotatable bonds is 9. The van der Waals surface area contributed by atoms with Crippen molar-refractivity contribution in [2.75, 3.05) is 36.8 Å². The maximum atomic E-state index is 12.3. The van der Waals surface area contributed by atoms with E-state index in [1.165, 1.54) is 16.9 Å². The molecule has 0 bridgehead atoms. The zero-order valence-corrected chi connectivity index (χ0v) is 23.1. The molecule has 1 saturated heterocycles. The predicted molar refractivity (Wildman–Crippen MR) is 148 cm³/mol. The summed E-state index contributed by atoms with van der Waals surface area (Å²) in [7, 11) is -3.17. The van der Waals surface area contributed by atoms with Crippen molar-refractivity contribution >= 4 is 43.2 Å². The van der Waals surface area contributed by atoms with Gasteiger partial charge in [-0.2, -0.15) is 9.29 Å². The van der Waals surface area contributed by atoms with Gasteiger partial charge in [-0.15, -0.1) is 0 Å². The average molecular weight is 543 g/mol. The SMILES string of the molecule is CCCc1cnc(N2CCC(Oc3nc4ncc(C5=CCN(S(=O)(=O)CCC)CC5)cc4s3)CC2)nc1. The van der Waals surface area contributed by atoms with Gasteiger partial charge < -0.3 is 9.64 Å². The van der Waals surface area contributed by atoms with Crippen LogP contribution in [0.5, 0.6) is 5.19 Å². The Kier molecular flexibility index (Phi) is 8.01. The molecule has 0 saturated carbocycles. The number of piperidine rings is 1. The molecule has 2 aliphatic heterocycles. The van der Waals surface area contributed by atoms with Crippen molar-refractivity contribution in [3.05, 3.63) is 41.9 Å². The summed E-state index contributed by atoms with van der Waals surface area (Å²) < 4.78 is 33.5. The Morgan fingerprint density at radius 2 is 1.84 bits per heavy atom. The first kappa shape index (κ1) is 26.0. The van der Waals surface area contributed by atoms with Gasteiger partial charge in [-0.1, -0.05) is 37.7 Å². The first-order chi connectivity index (χ1) is 17.9. The molecular weight excluding hydrogens is 508 g/mol. The van der Waals surface area contributed by atoms with Crippen LogP contribution in [0.1, 0.15) is 57.1 Å². The minimum atomic E-state index is -3.17. The second kappa shape index (κ2) is 11.4. The largest absolute Gasteiger partial charge is 0.467 e. The molecule has 3 aromatic heterocycles. The first-order valence-corrected chi connectivity index (χ1v) is 15.5. The lowest BCUT2D eigenvalue weighted by molar-refractivity contribution is 0.170. The van der Waals surface area contributed by atoms with Crippen LogP contribution >= 0.6 is 11.3 Å². The van der Waals surface area contributed by atoms with Crippen LogP contribution in [-0.2, 0) is 16.4 Å². The molecule has 3 aromatic rings. The smallest absolute Gasteiger partial charge is 0.276 e.